The van der Waals surface area contributed by atoms with Crippen LogP contribution in [0, 0.1) is 17.2 Å². The summed E-state index contributed by atoms with van der Waals surface area (Å²) in [6, 6.07) is 6.62. The van der Waals surface area contributed by atoms with Crippen molar-refractivity contribution < 1.29 is 9.90 Å². The van der Waals surface area contributed by atoms with Crippen molar-refractivity contribution >= 4 is 23.2 Å². The lowest BCUT2D eigenvalue weighted by atomic mass is 10.0. The Labute approximate surface area is 117 Å². The predicted octanol–water partition coefficient (Wildman–Crippen LogP) is 2.33. The second kappa shape index (κ2) is 5.20. The van der Waals surface area contributed by atoms with Crippen molar-refractivity contribution in [1.29, 1.82) is 5.26 Å². The average Bonchev–Trinajstić information content (AvgIpc) is 2.62. The molecule has 1 aromatic rings. The normalized spacial score (nSPS) is 26.6. The minimum Gasteiger partial charge on any atom is -0.390 e. The molecule has 19 heavy (non-hydrogen) atoms. The first kappa shape index (κ1) is 13.9. The maximum absolute atomic E-state index is 12.2. The average molecular weight is 279 g/mol. The summed E-state index contributed by atoms with van der Waals surface area (Å²) < 4.78 is 0. The van der Waals surface area contributed by atoms with E-state index in [2.05, 4.69) is 0 Å². The number of benzene rings is 1. The summed E-state index contributed by atoms with van der Waals surface area (Å²) in [5.41, 5.74) is 1.00. The fourth-order valence-electron chi connectivity index (χ4n) is 2.50. The number of hydrogen-bond acceptors (Lipinski definition) is 3. The van der Waals surface area contributed by atoms with Gasteiger partial charge in [-0.3, -0.25) is 4.79 Å². The van der Waals surface area contributed by atoms with Gasteiger partial charge in [-0.15, -0.1) is 0 Å². The molecule has 0 aromatic heterocycles. The summed E-state index contributed by atoms with van der Waals surface area (Å²) in [5.74, 6) is -0.528. The van der Waals surface area contributed by atoms with Gasteiger partial charge in [0.2, 0.25) is 5.91 Å². The summed E-state index contributed by atoms with van der Waals surface area (Å²) in [5, 5.41) is 19.3. The molecule has 1 aromatic carbocycles. The molecule has 5 heteroatoms. The van der Waals surface area contributed by atoms with Crippen molar-refractivity contribution in [2.45, 2.75) is 32.4 Å². The maximum atomic E-state index is 12.2. The first-order valence-corrected chi connectivity index (χ1v) is 6.59. The number of halogens is 1. The third-order valence-electron chi connectivity index (χ3n) is 3.63. The molecule has 0 saturated carbocycles. The summed E-state index contributed by atoms with van der Waals surface area (Å²) in [6.07, 6.45) is -0.0126. The molecule has 1 aliphatic rings. The highest BCUT2D eigenvalue weighted by Gasteiger charge is 2.44. The molecular formula is C14H15ClN2O2. The number of carbonyl (C=O) groups excluding carboxylic acids is 1. The molecule has 1 saturated heterocycles. The van der Waals surface area contributed by atoms with Gasteiger partial charge in [0.1, 0.15) is 6.07 Å². The summed E-state index contributed by atoms with van der Waals surface area (Å²) >= 11 is 6.00. The van der Waals surface area contributed by atoms with E-state index in [0.717, 1.165) is 0 Å². The molecule has 1 fully saturated rings. The van der Waals surface area contributed by atoms with Crippen LogP contribution in [0.4, 0.5) is 5.69 Å². The number of aliphatic hydroxyl groups is 1. The molecule has 0 spiro atoms. The topological polar surface area (TPSA) is 64.3 Å². The van der Waals surface area contributed by atoms with Crippen LogP contribution >= 0.6 is 11.6 Å². The molecule has 3 unspecified atom stereocenters. The Morgan fingerprint density at radius 2 is 2.21 bits per heavy atom. The van der Waals surface area contributed by atoms with Gasteiger partial charge >= 0.3 is 0 Å². The number of anilines is 1. The van der Waals surface area contributed by atoms with E-state index in [0.29, 0.717) is 22.7 Å². The van der Waals surface area contributed by atoms with Crippen LogP contribution in [0.15, 0.2) is 18.2 Å². The van der Waals surface area contributed by atoms with Crippen LogP contribution < -0.4 is 4.90 Å². The SMILES string of the molecule is CCC1C(O)C(C)C(=O)N1c1ccc(C#N)c(Cl)c1. The Morgan fingerprint density at radius 3 is 2.74 bits per heavy atom. The third kappa shape index (κ3) is 2.20. The molecule has 2 rings (SSSR count). The van der Waals surface area contributed by atoms with Gasteiger partial charge < -0.3 is 10.0 Å². The number of nitrogens with zero attached hydrogens (tertiary/aromatic N) is 2. The number of amides is 1. The van der Waals surface area contributed by atoms with Gasteiger partial charge in [-0.1, -0.05) is 25.4 Å². The van der Waals surface area contributed by atoms with E-state index in [4.69, 9.17) is 16.9 Å². The Hall–Kier alpha value is -1.57. The van der Waals surface area contributed by atoms with E-state index in [9.17, 15) is 9.90 Å². The van der Waals surface area contributed by atoms with Crippen LogP contribution in [0.5, 0.6) is 0 Å². The fourth-order valence-corrected chi connectivity index (χ4v) is 2.72. The van der Waals surface area contributed by atoms with Crippen molar-refractivity contribution in [3.05, 3.63) is 28.8 Å². The van der Waals surface area contributed by atoms with Crippen molar-refractivity contribution in [2.75, 3.05) is 4.90 Å². The third-order valence-corrected chi connectivity index (χ3v) is 3.95. The van der Waals surface area contributed by atoms with Gasteiger partial charge in [0.25, 0.3) is 0 Å². The zero-order valence-electron chi connectivity index (χ0n) is 10.8. The quantitative estimate of drug-likeness (QED) is 0.903. The van der Waals surface area contributed by atoms with Gasteiger partial charge in [-0.05, 0) is 24.6 Å². The second-order valence-electron chi connectivity index (χ2n) is 4.74. The zero-order valence-corrected chi connectivity index (χ0v) is 11.6. The number of carbonyl (C=O) groups is 1. The van der Waals surface area contributed by atoms with Crippen LogP contribution in [0.3, 0.4) is 0 Å². The second-order valence-corrected chi connectivity index (χ2v) is 5.15. The minimum absolute atomic E-state index is 0.111. The lowest BCUT2D eigenvalue weighted by molar-refractivity contribution is -0.121. The molecule has 0 bridgehead atoms. The molecule has 0 radical (unpaired) electrons. The molecule has 1 heterocycles. The number of nitriles is 1. The Balaban J connectivity index is 2.43. The Bertz CT molecular complexity index is 553. The number of hydrogen-bond donors (Lipinski definition) is 1. The molecule has 4 nitrogen and oxygen atoms in total. The lowest BCUT2D eigenvalue weighted by Crippen LogP contribution is -2.36. The molecule has 1 amide bonds. The number of aliphatic hydroxyl groups excluding tert-OH is 1. The van der Waals surface area contributed by atoms with Gasteiger partial charge in [-0.25, -0.2) is 0 Å². The van der Waals surface area contributed by atoms with E-state index in [1.165, 1.54) is 0 Å². The Morgan fingerprint density at radius 1 is 1.53 bits per heavy atom. The van der Waals surface area contributed by atoms with Gasteiger partial charge in [0.05, 0.1) is 28.6 Å². The van der Waals surface area contributed by atoms with E-state index in [1.54, 1.807) is 30.0 Å². The summed E-state index contributed by atoms with van der Waals surface area (Å²) in [4.78, 5) is 13.8. The first-order valence-electron chi connectivity index (χ1n) is 6.22. The van der Waals surface area contributed by atoms with Crippen molar-refractivity contribution in [1.82, 2.24) is 0 Å². The van der Waals surface area contributed by atoms with Crippen molar-refractivity contribution in [3.8, 4) is 6.07 Å². The summed E-state index contributed by atoms with van der Waals surface area (Å²) in [7, 11) is 0. The van der Waals surface area contributed by atoms with E-state index < -0.39 is 12.0 Å². The zero-order chi connectivity index (χ0) is 14.2. The van der Waals surface area contributed by atoms with E-state index >= 15 is 0 Å². The van der Waals surface area contributed by atoms with Crippen LogP contribution in [-0.2, 0) is 4.79 Å². The molecule has 100 valence electrons. The van der Waals surface area contributed by atoms with E-state index in [1.807, 2.05) is 13.0 Å². The molecule has 1 N–H and O–H groups in total. The van der Waals surface area contributed by atoms with Crippen LogP contribution in [0.1, 0.15) is 25.8 Å². The lowest BCUT2D eigenvalue weighted by Gasteiger charge is -2.25. The van der Waals surface area contributed by atoms with Gasteiger partial charge in [-0.2, -0.15) is 5.26 Å². The molecular weight excluding hydrogens is 264 g/mol. The number of rotatable bonds is 2. The smallest absolute Gasteiger partial charge is 0.232 e. The van der Waals surface area contributed by atoms with Gasteiger partial charge in [0.15, 0.2) is 0 Å². The molecule has 0 aliphatic carbocycles. The minimum atomic E-state index is -0.674. The highest BCUT2D eigenvalue weighted by Crippen LogP contribution is 2.34. The van der Waals surface area contributed by atoms with Crippen molar-refractivity contribution in [2.24, 2.45) is 5.92 Å². The van der Waals surface area contributed by atoms with E-state index in [-0.39, 0.29) is 11.9 Å². The van der Waals surface area contributed by atoms with Crippen LogP contribution in [0.2, 0.25) is 5.02 Å². The monoisotopic (exact) mass is 278 g/mol. The highest BCUT2D eigenvalue weighted by molar-refractivity contribution is 6.32. The molecule has 3 atom stereocenters. The Kier molecular flexibility index (Phi) is 3.79. The highest BCUT2D eigenvalue weighted by atomic mass is 35.5. The fraction of sp³-hybridized carbons (Fsp3) is 0.429. The van der Waals surface area contributed by atoms with Crippen molar-refractivity contribution in [3.63, 3.8) is 0 Å². The maximum Gasteiger partial charge on any atom is 0.232 e. The first-order chi connectivity index (χ1) is 9.01. The predicted molar refractivity (Wildman–Crippen MR) is 72.9 cm³/mol. The molecule has 1 aliphatic heterocycles. The standard InChI is InChI=1S/C14H15ClN2O2/c1-3-12-13(18)8(2)14(19)17(12)10-5-4-9(7-16)11(15)6-10/h4-6,8,12-13,18H,3H2,1-2H3. The van der Waals surface area contributed by atoms with Gasteiger partial charge in [0, 0.05) is 5.69 Å². The van der Waals surface area contributed by atoms with Crippen LogP contribution in [-0.4, -0.2) is 23.2 Å². The van der Waals surface area contributed by atoms with Crippen LogP contribution in [0.25, 0.3) is 0 Å². The summed E-state index contributed by atoms with van der Waals surface area (Å²) in [6.45, 7) is 3.65. The largest absolute Gasteiger partial charge is 0.390 e.